The molecule has 3 aromatic heterocycles. The Bertz CT molecular complexity index is 1300. The Morgan fingerprint density at radius 3 is 2.66 bits per heavy atom. The topological polar surface area (TPSA) is 100 Å². The lowest BCUT2D eigenvalue weighted by Crippen LogP contribution is -2.28. The third kappa shape index (κ3) is 5.09. The third-order valence-electron chi connectivity index (χ3n) is 6.10. The van der Waals surface area contributed by atoms with Gasteiger partial charge in [-0.05, 0) is 54.3 Å². The van der Waals surface area contributed by atoms with Crippen molar-refractivity contribution in [3.8, 4) is 17.1 Å². The highest BCUT2D eigenvalue weighted by atomic mass is 16.5. The van der Waals surface area contributed by atoms with Gasteiger partial charge in [0.25, 0.3) is 6.47 Å². The van der Waals surface area contributed by atoms with Gasteiger partial charge in [0, 0.05) is 31.6 Å². The standard InChI is InChI=1S/C26H27N5O4/c1-33-21-4-2-18(3-5-21)15-31-23-7-11-28-26(29-20-8-12-34-13-9-20)24(23)25(30-31)22-14-19(6-10-27-22)16-35-17-32/h2-7,10-11,14,17,20H,8-9,12-13,15-16H2,1H3,(H,28,29). The first-order valence-electron chi connectivity index (χ1n) is 11.6. The van der Waals surface area contributed by atoms with Crippen molar-refractivity contribution in [2.24, 2.45) is 0 Å². The summed E-state index contributed by atoms with van der Waals surface area (Å²) in [5.74, 6) is 1.59. The molecule has 0 aliphatic carbocycles. The van der Waals surface area contributed by atoms with Crippen molar-refractivity contribution in [3.05, 3.63) is 66.0 Å². The minimum Gasteiger partial charge on any atom is -0.497 e. The molecule has 1 aliphatic heterocycles. The minimum atomic E-state index is 0.176. The van der Waals surface area contributed by atoms with Crippen molar-refractivity contribution in [1.82, 2.24) is 19.7 Å². The Kier molecular flexibility index (Phi) is 6.85. The van der Waals surface area contributed by atoms with E-state index in [2.05, 4.69) is 15.3 Å². The lowest BCUT2D eigenvalue weighted by molar-refractivity contribution is -0.129. The van der Waals surface area contributed by atoms with Crippen LogP contribution in [-0.2, 0) is 27.4 Å². The number of fused-ring (bicyclic) bond motifs is 1. The molecule has 9 nitrogen and oxygen atoms in total. The minimum absolute atomic E-state index is 0.176. The zero-order chi connectivity index (χ0) is 24.0. The van der Waals surface area contributed by atoms with Crippen LogP contribution in [0.4, 0.5) is 5.82 Å². The Labute approximate surface area is 203 Å². The monoisotopic (exact) mass is 473 g/mol. The van der Waals surface area contributed by atoms with Crippen molar-refractivity contribution >= 4 is 23.2 Å². The van der Waals surface area contributed by atoms with E-state index in [1.807, 2.05) is 53.3 Å². The number of nitrogens with zero attached hydrogens (tertiary/aromatic N) is 4. The smallest absolute Gasteiger partial charge is 0.293 e. The van der Waals surface area contributed by atoms with E-state index in [9.17, 15) is 4.79 Å². The zero-order valence-corrected chi connectivity index (χ0v) is 19.5. The average molecular weight is 474 g/mol. The van der Waals surface area contributed by atoms with E-state index in [0.717, 1.165) is 65.3 Å². The molecule has 1 aromatic carbocycles. The molecule has 180 valence electrons. The largest absolute Gasteiger partial charge is 0.497 e. The number of benzene rings is 1. The van der Waals surface area contributed by atoms with Crippen LogP contribution in [0.25, 0.3) is 22.3 Å². The molecule has 1 fully saturated rings. The number of carbonyl (C=O) groups is 1. The van der Waals surface area contributed by atoms with E-state index in [1.165, 1.54) is 0 Å². The highest BCUT2D eigenvalue weighted by molar-refractivity contribution is 6.00. The second-order valence-electron chi connectivity index (χ2n) is 8.40. The van der Waals surface area contributed by atoms with Crippen molar-refractivity contribution in [3.63, 3.8) is 0 Å². The Morgan fingerprint density at radius 2 is 1.89 bits per heavy atom. The van der Waals surface area contributed by atoms with Gasteiger partial charge in [0.15, 0.2) is 0 Å². The first kappa shape index (κ1) is 22.8. The summed E-state index contributed by atoms with van der Waals surface area (Å²) in [6.07, 6.45) is 5.35. The highest BCUT2D eigenvalue weighted by Crippen LogP contribution is 2.33. The number of ether oxygens (including phenoxy) is 3. The van der Waals surface area contributed by atoms with E-state index >= 15 is 0 Å². The summed E-state index contributed by atoms with van der Waals surface area (Å²) in [5.41, 5.74) is 4.31. The number of hydrogen-bond donors (Lipinski definition) is 1. The van der Waals surface area contributed by atoms with Crippen LogP contribution in [0.1, 0.15) is 24.0 Å². The number of hydrogen-bond acceptors (Lipinski definition) is 8. The van der Waals surface area contributed by atoms with Crippen molar-refractivity contribution < 1.29 is 19.0 Å². The Morgan fingerprint density at radius 1 is 1.09 bits per heavy atom. The van der Waals surface area contributed by atoms with Crippen molar-refractivity contribution in [2.45, 2.75) is 32.0 Å². The van der Waals surface area contributed by atoms with Gasteiger partial charge < -0.3 is 19.5 Å². The van der Waals surface area contributed by atoms with Crippen LogP contribution in [-0.4, -0.2) is 52.6 Å². The molecule has 9 heteroatoms. The summed E-state index contributed by atoms with van der Waals surface area (Å²) >= 11 is 0. The summed E-state index contributed by atoms with van der Waals surface area (Å²) in [7, 11) is 1.66. The molecule has 4 heterocycles. The lowest BCUT2D eigenvalue weighted by atomic mass is 10.1. The normalized spacial score (nSPS) is 14.1. The van der Waals surface area contributed by atoms with E-state index in [-0.39, 0.29) is 12.6 Å². The number of pyridine rings is 2. The predicted octanol–water partition coefficient (Wildman–Crippen LogP) is 3.81. The van der Waals surface area contributed by atoms with E-state index in [4.69, 9.17) is 19.3 Å². The number of anilines is 1. The fourth-order valence-corrected chi connectivity index (χ4v) is 4.30. The van der Waals surface area contributed by atoms with E-state index < -0.39 is 0 Å². The van der Waals surface area contributed by atoms with Crippen LogP contribution in [0.2, 0.25) is 0 Å². The van der Waals surface area contributed by atoms with Gasteiger partial charge in [0.05, 0.1) is 30.3 Å². The molecule has 35 heavy (non-hydrogen) atoms. The first-order chi connectivity index (χ1) is 17.2. The first-order valence-corrected chi connectivity index (χ1v) is 11.6. The Hall–Kier alpha value is -3.98. The van der Waals surface area contributed by atoms with Gasteiger partial charge in [-0.1, -0.05) is 12.1 Å². The predicted molar refractivity (Wildman–Crippen MR) is 131 cm³/mol. The molecule has 0 unspecified atom stereocenters. The summed E-state index contributed by atoms with van der Waals surface area (Å²) in [4.78, 5) is 19.9. The van der Waals surface area contributed by atoms with Gasteiger partial charge in [-0.15, -0.1) is 0 Å². The quantitative estimate of drug-likeness (QED) is 0.366. The van der Waals surface area contributed by atoms with Crippen LogP contribution in [0.3, 0.4) is 0 Å². The Balaban J connectivity index is 1.58. The molecule has 1 aliphatic rings. The molecule has 4 aromatic rings. The number of carbonyl (C=O) groups excluding carboxylic acids is 1. The molecule has 0 bridgehead atoms. The van der Waals surface area contributed by atoms with Crippen LogP contribution >= 0.6 is 0 Å². The third-order valence-corrected chi connectivity index (χ3v) is 6.10. The SMILES string of the molecule is COc1ccc(Cn2nc(-c3cc(COC=O)ccn3)c3c(NC4CCOCC4)nccc32)cc1. The maximum atomic E-state index is 10.7. The summed E-state index contributed by atoms with van der Waals surface area (Å²) in [6.45, 7) is 2.66. The van der Waals surface area contributed by atoms with Gasteiger partial charge in [-0.3, -0.25) is 14.5 Å². The van der Waals surface area contributed by atoms with Gasteiger partial charge >= 0.3 is 0 Å². The van der Waals surface area contributed by atoms with Crippen LogP contribution in [0.5, 0.6) is 5.75 Å². The molecular formula is C26H27N5O4. The molecule has 1 N–H and O–H groups in total. The molecule has 1 saturated heterocycles. The van der Waals surface area contributed by atoms with Gasteiger partial charge in [0.2, 0.25) is 0 Å². The summed E-state index contributed by atoms with van der Waals surface area (Å²) in [5, 5.41) is 9.51. The summed E-state index contributed by atoms with van der Waals surface area (Å²) in [6, 6.07) is 13.9. The molecule has 0 saturated carbocycles. The maximum absolute atomic E-state index is 10.7. The van der Waals surface area contributed by atoms with Crippen LogP contribution in [0, 0.1) is 0 Å². The van der Waals surface area contributed by atoms with Crippen molar-refractivity contribution in [1.29, 1.82) is 0 Å². The number of nitrogens with one attached hydrogen (secondary N) is 1. The summed E-state index contributed by atoms with van der Waals surface area (Å²) < 4.78 is 17.7. The maximum Gasteiger partial charge on any atom is 0.293 e. The molecule has 0 spiro atoms. The van der Waals surface area contributed by atoms with E-state index in [0.29, 0.717) is 18.7 Å². The highest BCUT2D eigenvalue weighted by Gasteiger charge is 2.21. The van der Waals surface area contributed by atoms with Crippen LogP contribution in [0.15, 0.2) is 54.9 Å². The van der Waals surface area contributed by atoms with Gasteiger partial charge in [0.1, 0.15) is 23.9 Å². The lowest BCUT2D eigenvalue weighted by Gasteiger charge is -2.24. The fraction of sp³-hybridized carbons (Fsp3) is 0.308. The fourth-order valence-electron chi connectivity index (χ4n) is 4.30. The molecule has 0 radical (unpaired) electrons. The van der Waals surface area contributed by atoms with E-state index in [1.54, 1.807) is 13.3 Å². The number of aromatic nitrogens is 4. The molecule has 5 rings (SSSR count). The van der Waals surface area contributed by atoms with Gasteiger partial charge in [-0.2, -0.15) is 5.10 Å². The number of methoxy groups -OCH3 is 1. The second kappa shape index (κ2) is 10.5. The number of rotatable bonds is 9. The van der Waals surface area contributed by atoms with Crippen LogP contribution < -0.4 is 10.1 Å². The molecule has 0 atom stereocenters. The average Bonchev–Trinajstić information content (AvgIpc) is 3.28. The van der Waals surface area contributed by atoms with Gasteiger partial charge in [-0.25, -0.2) is 4.98 Å². The zero-order valence-electron chi connectivity index (χ0n) is 19.5. The molecular weight excluding hydrogens is 446 g/mol. The van der Waals surface area contributed by atoms with Crippen molar-refractivity contribution in [2.75, 3.05) is 25.6 Å². The molecule has 0 amide bonds. The second-order valence-corrected chi connectivity index (χ2v) is 8.40.